The average molecular weight is 352 g/mol. The lowest BCUT2D eigenvalue weighted by Crippen LogP contribution is -2.42. The maximum atomic E-state index is 12.3. The Morgan fingerprint density at radius 2 is 2.00 bits per heavy atom. The molecule has 0 atom stereocenters. The van der Waals surface area contributed by atoms with Crippen molar-refractivity contribution in [2.24, 2.45) is 0 Å². The van der Waals surface area contributed by atoms with E-state index in [1.165, 1.54) is 19.2 Å². The number of rotatable bonds is 5. The number of nitrogens with one attached hydrogen (secondary N) is 2. The smallest absolute Gasteiger partial charge is 0.310 e. The molecule has 0 bridgehead atoms. The highest BCUT2D eigenvalue weighted by molar-refractivity contribution is 7.89. The van der Waals surface area contributed by atoms with Crippen LogP contribution in [0.4, 0.5) is 5.69 Å². The third-order valence-corrected chi connectivity index (χ3v) is 4.84. The summed E-state index contributed by atoms with van der Waals surface area (Å²) in [6.45, 7) is 1.52. The third-order valence-electron chi connectivity index (χ3n) is 3.32. The van der Waals surface area contributed by atoms with E-state index >= 15 is 0 Å². The first kappa shape index (κ1) is 18.6. The summed E-state index contributed by atoms with van der Waals surface area (Å²) in [7, 11) is -2.45. The Hall–Kier alpha value is -1.42. The number of halogens is 1. The lowest BCUT2D eigenvalue weighted by Gasteiger charge is -2.23. The van der Waals surface area contributed by atoms with Crippen molar-refractivity contribution in [3.05, 3.63) is 28.3 Å². The van der Waals surface area contributed by atoms with E-state index in [0.29, 0.717) is 12.8 Å². The van der Waals surface area contributed by atoms with Crippen LogP contribution in [0.1, 0.15) is 12.8 Å². The van der Waals surface area contributed by atoms with Gasteiger partial charge in [-0.25, -0.2) is 13.1 Å². The first-order valence-corrected chi connectivity index (χ1v) is 7.98. The molecule has 1 heterocycles. The minimum Gasteiger partial charge on any atom is -0.490 e. The van der Waals surface area contributed by atoms with Gasteiger partial charge in [0.1, 0.15) is 0 Å². The van der Waals surface area contributed by atoms with Crippen molar-refractivity contribution in [3.63, 3.8) is 0 Å². The van der Waals surface area contributed by atoms with Crippen LogP contribution in [0.2, 0.25) is 0 Å². The Kier molecular flexibility index (Phi) is 6.54. The molecule has 124 valence electrons. The lowest BCUT2D eigenvalue weighted by atomic mass is 10.1. The topological polar surface area (TPSA) is 111 Å². The van der Waals surface area contributed by atoms with Crippen molar-refractivity contribution in [1.29, 1.82) is 0 Å². The normalized spacial score (nSPS) is 15.9. The average Bonchev–Trinajstić information content (AvgIpc) is 2.47. The quantitative estimate of drug-likeness (QED) is 0.606. The third kappa shape index (κ3) is 4.29. The van der Waals surface area contributed by atoms with Crippen molar-refractivity contribution in [2.75, 3.05) is 20.2 Å². The Morgan fingerprint density at radius 3 is 2.55 bits per heavy atom. The van der Waals surface area contributed by atoms with E-state index in [2.05, 4.69) is 10.0 Å². The van der Waals surface area contributed by atoms with Gasteiger partial charge in [-0.15, -0.1) is 12.4 Å². The van der Waals surface area contributed by atoms with Gasteiger partial charge in [-0.05, 0) is 32.0 Å². The van der Waals surface area contributed by atoms with Crippen molar-refractivity contribution in [3.8, 4) is 5.75 Å². The highest BCUT2D eigenvalue weighted by Gasteiger charge is 2.24. The molecule has 10 heteroatoms. The summed E-state index contributed by atoms with van der Waals surface area (Å²) >= 11 is 0. The number of nitro benzene ring substituents is 1. The summed E-state index contributed by atoms with van der Waals surface area (Å²) in [5.74, 6) is -0.0758. The first-order chi connectivity index (χ1) is 9.94. The summed E-state index contributed by atoms with van der Waals surface area (Å²) in [5, 5.41) is 14.0. The van der Waals surface area contributed by atoms with Crippen LogP contribution in [0.5, 0.6) is 5.75 Å². The molecule has 1 aromatic carbocycles. The Labute approximate surface area is 134 Å². The van der Waals surface area contributed by atoms with Crippen LogP contribution in [-0.4, -0.2) is 39.6 Å². The predicted molar refractivity (Wildman–Crippen MR) is 83.1 cm³/mol. The number of benzene rings is 1. The molecule has 0 unspecified atom stereocenters. The largest absolute Gasteiger partial charge is 0.490 e. The van der Waals surface area contributed by atoms with Gasteiger partial charge >= 0.3 is 5.69 Å². The summed E-state index contributed by atoms with van der Waals surface area (Å²) in [6, 6.07) is 3.39. The summed E-state index contributed by atoms with van der Waals surface area (Å²) < 4.78 is 32.1. The summed E-state index contributed by atoms with van der Waals surface area (Å²) in [4.78, 5) is 10.2. The van der Waals surface area contributed by atoms with Crippen LogP contribution < -0.4 is 14.8 Å². The van der Waals surface area contributed by atoms with Crippen molar-refractivity contribution in [1.82, 2.24) is 10.0 Å². The number of ether oxygens (including phenoxy) is 1. The standard InChI is InChI=1S/C12H17N3O5S.ClH/c1-20-12-8-10(2-3-11(12)15(16)17)21(18,19)14-9-4-6-13-7-5-9;/h2-3,8-9,13-14H,4-7H2,1H3;1H. The Balaban J connectivity index is 0.00000242. The number of methoxy groups -OCH3 is 1. The molecule has 1 saturated heterocycles. The Morgan fingerprint density at radius 1 is 1.36 bits per heavy atom. The highest BCUT2D eigenvalue weighted by atomic mass is 35.5. The van der Waals surface area contributed by atoms with Gasteiger partial charge in [0, 0.05) is 18.2 Å². The summed E-state index contributed by atoms with van der Waals surface area (Å²) in [5.41, 5.74) is -0.265. The van der Waals surface area contributed by atoms with Gasteiger partial charge in [0.05, 0.1) is 16.9 Å². The molecule has 22 heavy (non-hydrogen) atoms. The maximum Gasteiger partial charge on any atom is 0.310 e. The molecule has 8 nitrogen and oxygen atoms in total. The summed E-state index contributed by atoms with van der Waals surface area (Å²) in [6.07, 6.45) is 1.42. The van der Waals surface area contributed by atoms with Gasteiger partial charge in [0.15, 0.2) is 5.75 Å². The van der Waals surface area contributed by atoms with Gasteiger partial charge in [0.25, 0.3) is 0 Å². The van der Waals surface area contributed by atoms with E-state index in [0.717, 1.165) is 19.2 Å². The van der Waals surface area contributed by atoms with Gasteiger partial charge < -0.3 is 10.1 Å². The second-order valence-electron chi connectivity index (χ2n) is 4.74. The van der Waals surface area contributed by atoms with Gasteiger partial charge in [-0.2, -0.15) is 0 Å². The van der Waals surface area contributed by atoms with Crippen molar-refractivity contribution >= 4 is 28.1 Å². The molecule has 1 fully saturated rings. The van der Waals surface area contributed by atoms with Crippen LogP contribution in [0, 0.1) is 10.1 Å². The first-order valence-electron chi connectivity index (χ1n) is 6.49. The molecule has 1 aromatic rings. The van der Waals surface area contributed by atoms with Crippen LogP contribution in [0.3, 0.4) is 0 Å². The molecular formula is C12H18ClN3O5S. The fraction of sp³-hybridized carbons (Fsp3) is 0.500. The van der Waals surface area contributed by atoms with Crippen molar-refractivity contribution in [2.45, 2.75) is 23.8 Å². The molecule has 0 aromatic heterocycles. The monoisotopic (exact) mass is 351 g/mol. The second-order valence-corrected chi connectivity index (χ2v) is 6.45. The number of nitrogens with zero attached hydrogens (tertiary/aromatic N) is 1. The molecule has 0 amide bonds. The second kappa shape index (κ2) is 7.73. The van der Waals surface area contributed by atoms with Crippen LogP contribution in [0.15, 0.2) is 23.1 Å². The van der Waals surface area contributed by atoms with Crippen LogP contribution in [-0.2, 0) is 10.0 Å². The number of hydrogen-bond acceptors (Lipinski definition) is 6. The predicted octanol–water partition coefficient (Wildman–Crippen LogP) is 1.06. The molecule has 0 radical (unpaired) electrons. The molecule has 2 N–H and O–H groups in total. The number of piperidine rings is 1. The highest BCUT2D eigenvalue weighted by Crippen LogP contribution is 2.29. The molecule has 1 aliphatic heterocycles. The zero-order valence-corrected chi connectivity index (χ0v) is 13.6. The molecule has 1 aliphatic rings. The van der Waals surface area contributed by atoms with Gasteiger partial charge in [0.2, 0.25) is 10.0 Å². The lowest BCUT2D eigenvalue weighted by molar-refractivity contribution is -0.385. The molecule has 2 rings (SSSR count). The Bertz CT molecular complexity index is 632. The number of sulfonamides is 1. The van der Waals surface area contributed by atoms with Crippen LogP contribution >= 0.6 is 12.4 Å². The molecule has 0 aliphatic carbocycles. The van der Waals surface area contributed by atoms with E-state index in [9.17, 15) is 18.5 Å². The maximum absolute atomic E-state index is 12.3. The van der Waals surface area contributed by atoms with E-state index < -0.39 is 14.9 Å². The molecule has 0 saturated carbocycles. The van der Waals surface area contributed by atoms with E-state index in [1.807, 2.05) is 0 Å². The SMILES string of the molecule is COc1cc(S(=O)(=O)NC2CCNCC2)ccc1[N+](=O)[O-].Cl. The van der Waals surface area contributed by atoms with Gasteiger partial charge in [-0.3, -0.25) is 10.1 Å². The van der Waals surface area contributed by atoms with E-state index in [-0.39, 0.29) is 34.8 Å². The molecular weight excluding hydrogens is 334 g/mol. The van der Waals surface area contributed by atoms with Gasteiger partial charge in [-0.1, -0.05) is 0 Å². The van der Waals surface area contributed by atoms with E-state index in [1.54, 1.807) is 0 Å². The zero-order chi connectivity index (χ0) is 15.5. The number of nitro groups is 1. The van der Waals surface area contributed by atoms with E-state index in [4.69, 9.17) is 4.74 Å². The number of hydrogen-bond donors (Lipinski definition) is 2. The van der Waals surface area contributed by atoms with Crippen molar-refractivity contribution < 1.29 is 18.1 Å². The fourth-order valence-corrected chi connectivity index (χ4v) is 3.52. The minimum atomic E-state index is -3.72. The van der Waals surface area contributed by atoms with Crippen LogP contribution in [0.25, 0.3) is 0 Å². The fourth-order valence-electron chi connectivity index (χ4n) is 2.20. The molecule has 0 spiro atoms. The minimum absolute atomic E-state index is 0. The zero-order valence-electron chi connectivity index (χ0n) is 11.9.